The Balaban J connectivity index is 0.00000336. The van der Waals surface area contributed by atoms with Crippen molar-refractivity contribution in [2.45, 2.75) is 19.3 Å². The predicted octanol–water partition coefficient (Wildman–Crippen LogP) is 7.05. The van der Waals surface area contributed by atoms with E-state index in [2.05, 4.69) is 4.90 Å². The van der Waals surface area contributed by atoms with Crippen LogP contribution in [0, 0.1) is 0 Å². The molecule has 1 amide bonds. The van der Waals surface area contributed by atoms with Crippen LogP contribution >= 0.6 is 23.7 Å². The number of benzene rings is 3. The number of phenols is 1. The number of fused-ring (bicyclic) bond motifs is 1. The molecular weight excluding hydrogens is 520 g/mol. The van der Waals surface area contributed by atoms with Gasteiger partial charge in [0.15, 0.2) is 0 Å². The molecule has 1 fully saturated rings. The summed E-state index contributed by atoms with van der Waals surface area (Å²) in [5.74, 6) is 2.36. The van der Waals surface area contributed by atoms with Crippen molar-refractivity contribution in [3.63, 3.8) is 0 Å². The number of likely N-dealkylation sites (tertiary alicyclic amines) is 1. The molecule has 0 spiro atoms. The Kier molecular flexibility index (Phi) is 9.15. The number of thiophene rings is 1. The number of nitrogens with zero attached hydrogens (tertiary/aromatic N) is 2. The summed E-state index contributed by atoms with van der Waals surface area (Å²) in [5.41, 5.74) is 0.892. The molecule has 38 heavy (non-hydrogen) atoms. The number of phenolic OH excluding ortho intramolecular Hbond substituents is 1. The monoisotopic (exact) mass is 552 g/mol. The van der Waals surface area contributed by atoms with Crippen molar-refractivity contribution in [2.75, 3.05) is 40.3 Å². The number of ether oxygens (including phenoxy) is 2. The minimum atomic E-state index is -0.0275. The van der Waals surface area contributed by atoms with Crippen molar-refractivity contribution in [1.29, 1.82) is 0 Å². The van der Waals surface area contributed by atoms with Gasteiger partial charge in [0.05, 0.1) is 4.88 Å². The molecule has 1 N–H and O–H groups in total. The smallest absolute Gasteiger partial charge is 0.263 e. The number of carbonyl (C=O) groups is 1. The number of rotatable bonds is 8. The summed E-state index contributed by atoms with van der Waals surface area (Å²) in [6, 6.07) is 20.7. The van der Waals surface area contributed by atoms with Crippen molar-refractivity contribution in [3.05, 3.63) is 71.6 Å². The molecule has 0 radical (unpaired) electrons. The Morgan fingerprint density at radius 3 is 2.42 bits per heavy atom. The SMILES string of the molecule is CN(C)C(=O)c1ccc(-c2ccc3cc(O)ccc3c2Oc2ccc(OCCN3CCCCC3)cc2)s1.Cl. The average molecular weight is 553 g/mol. The van der Waals surface area contributed by atoms with Crippen LogP contribution in [-0.2, 0) is 0 Å². The number of halogens is 1. The number of piperidine rings is 1. The second kappa shape index (κ2) is 12.5. The highest BCUT2D eigenvalue weighted by atomic mass is 35.5. The van der Waals surface area contributed by atoms with Gasteiger partial charge in [0.25, 0.3) is 5.91 Å². The molecule has 3 aromatic carbocycles. The van der Waals surface area contributed by atoms with Gasteiger partial charge in [-0.25, -0.2) is 0 Å². The van der Waals surface area contributed by atoms with Gasteiger partial charge in [-0.15, -0.1) is 23.7 Å². The Morgan fingerprint density at radius 1 is 0.947 bits per heavy atom. The van der Waals surface area contributed by atoms with Gasteiger partial charge >= 0.3 is 0 Å². The van der Waals surface area contributed by atoms with Gasteiger partial charge in [-0.05, 0) is 92.0 Å². The molecule has 2 heterocycles. The summed E-state index contributed by atoms with van der Waals surface area (Å²) in [5, 5.41) is 11.8. The van der Waals surface area contributed by atoms with Crippen molar-refractivity contribution in [3.8, 4) is 33.4 Å². The Morgan fingerprint density at radius 2 is 1.68 bits per heavy atom. The molecule has 0 aliphatic carbocycles. The topological polar surface area (TPSA) is 62.2 Å². The predicted molar refractivity (Wildman–Crippen MR) is 156 cm³/mol. The number of hydrogen-bond acceptors (Lipinski definition) is 6. The molecule has 1 aromatic heterocycles. The molecule has 6 nitrogen and oxygen atoms in total. The van der Waals surface area contributed by atoms with Crippen LogP contribution in [0.15, 0.2) is 66.7 Å². The van der Waals surface area contributed by atoms with Crippen molar-refractivity contribution in [2.24, 2.45) is 0 Å². The minimum absolute atomic E-state index is 0. The molecule has 200 valence electrons. The maximum absolute atomic E-state index is 12.5. The van der Waals surface area contributed by atoms with Crippen LogP contribution in [0.1, 0.15) is 28.9 Å². The third-order valence-electron chi connectivity index (χ3n) is 6.61. The fourth-order valence-electron chi connectivity index (χ4n) is 4.61. The van der Waals surface area contributed by atoms with Crippen LogP contribution < -0.4 is 9.47 Å². The third-order valence-corrected chi connectivity index (χ3v) is 7.72. The van der Waals surface area contributed by atoms with E-state index in [1.165, 1.54) is 30.6 Å². The number of aromatic hydroxyl groups is 1. The maximum Gasteiger partial charge on any atom is 0.263 e. The van der Waals surface area contributed by atoms with E-state index >= 15 is 0 Å². The van der Waals surface area contributed by atoms with Gasteiger partial charge in [0, 0.05) is 36.5 Å². The normalized spacial score (nSPS) is 13.6. The molecular formula is C30H33ClN2O4S. The second-order valence-electron chi connectivity index (χ2n) is 9.54. The molecule has 1 aliphatic rings. The first kappa shape index (κ1) is 27.8. The number of amides is 1. The zero-order valence-electron chi connectivity index (χ0n) is 21.7. The highest BCUT2D eigenvalue weighted by Gasteiger charge is 2.18. The second-order valence-corrected chi connectivity index (χ2v) is 10.6. The van der Waals surface area contributed by atoms with E-state index in [1.807, 2.05) is 54.6 Å². The summed E-state index contributed by atoms with van der Waals surface area (Å²) in [4.78, 5) is 18.1. The molecule has 5 rings (SSSR count). The first-order chi connectivity index (χ1) is 18.0. The Labute approximate surface area is 233 Å². The van der Waals surface area contributed by atoms with Gasteiger partial charge in [-0.1, -0.05) is 12.5 Å². The van der Waals surface area contributed by atoms with E-state index < -0.39 is 0 Å². The Bertz CT molecular complexity index is 1380. The lowest BCUT2D eigenvalue weighted by atomic mass is 10.0. The lowest BCUT2D eigenvalue weighted by Gasteiger charge is -2.26. The van der Waals surface area contributed by atoms with Crippen LogP contribution in [0.3, 0.4) is 0 Å². The zero-order valence-corrected chi connectivity index (χ0v) is 23.3. The van der Waals surface area contributed by atoms with Gasteiger partial charge in [0.2, 0.25) is 0 Å². The molecule has 1 saturated heterocycles. The lowest BCUT2D eigenvalue weighted by molar-refractivity contribution is 0.0832. The minimum Gasteiger partial charge on any atom is -0.508 e. The third kappa shape index (κ3) is 6.41. The fourth-order valence-corrected chi connectivity index (χ4v) is 5.66. The lowest BCUT2D eigenvalue weighted by Crippen LogP contribution is -2.33. The first-order valence-electron chi connectivity index (χ1n) is 12.7. The highest BCUT2D eigenvalue weighted by molar-refractivity contribution is 7.17. The van der Waals surface area contributed by atoms with Crippen LogP contribution in [0.5, 0.6) is 23.0 Å². The van der Waals surface area contributed by atoms with Gasteiger partial charge in [-0.3, -0.25) is 9.69 Å². The van der Waals surface area contributed by atoms with Gasteiger partial charge in [-0.2, -0.15) is 0 Å². The quantitative estimate of drug-likeness (QED) is 0.254. The molecule has 0 bridgehead atoms. The number of hydrogen-bond donors (Lipinski definition) is 1. The van der Waals surface area contributed by atoms with Crippen molar-refractivity contribution >= 4 is 40.4 Å². The molecule has 0 unspecified atom stereocenters. The van der Waals surface area contributed by atoms with Crippen LogP contribution in [-0.4, -0.2) is 61.2 Å². The van der Waals surface area contributed by atoms with E-state index in [-0.39, 0.29) is 24.1 Å². The first-order valence-corrected chi connectivity index (χ1v) is 13.5. The summed E-state index contributed by atoms with van der Waals surface area (Å²) in [6.45, 7) is 3.94. The van der Waals surface area contributed by atoms with Crippen LogP contribution in [0.2, 0.25) is 0 Å². The van der Waals surface area contributed by atoms with Crippen LogP contribution in [0.25, 0.3) is 21.2 Å². The molecule has 8 heteroatoms. The van der Waals surface area contributed by atoms with Crippen molar-refractivity contribution < 1.29 is 19.4 Å². The fraction of sp³-hybridized carbons (Fsp3) is 0.300. The Hall–Kier alpha value is -3.26. The van der Waals surface area contributed by atoms with Gasteiger partial charge < -0.3 is 19.5 Å². The van der Waals surface area contributed by atoms with E-state index in [0.717, 1.165) is 46.6 Å². The summed E-state index contributed by atoms with van der Waals surface area (Å²) in [6.07, 6.45) is 3.89. The van der Waals surface area contributed by atoms with Crippen molar-refractivity contribution in [1.82, 2.24) is 9.80 Å². The highest BCUT2D eigenvalue weighted by Crippen LogP contribution is 2.43. The van der Waals surface area contributed by atoms with E-state index in [9.17, 15) is 9.90 Å². The summed E-state index contributed by atoms with van der Waals surface area (Å²) in [7, 11) is 3.50. The standard InChI is InChI=1S/C30H32N2O4S.ClH/c1-31(2)30(34)28-15-14-27(37-28)26-12-6-21-20-22(33)7-13-25(21)29(26)36-24-10-8-23(9-11-24)35-19-18-32-16-4-3-5-17-32;/h6-15,20,33H,3-5,16-19H2,1-2H3;1H. The largest absolute Gasteiger partial charge is 0.508 e. The summed E-state index contributed by atoms with van der Waals surface area (Å²) < 4.78 is 12.4. The van der Waals surface area contributed by atoms with E-state index in [1.54, 1.807) is 31.1 Å². The van der Waals surface area contributed by atoms with E-state index in [4.69, 9.17) is 9.47 Å². The average Bonchev–Trinajstić information content (AvgIpc) is 3.40. The maximum atomic E-state index is 12.5. The van der Waals surface area contributed by atoms with Crippen LogP contribution in [0.4, 0.5) is 0 Å². The molecule has 4 aromatic rings. The molecule has 1 aliphatic heterocycles. The zero-order chi connectivity index (χ0) is 25.8. The molecule has 0 atom stereocenters. The summed E-state index contributed by atoms with van der Waals surface area (Å²) >= 11 is 1.44. The van der Waals surface area contributed by atoms with Gasteiger partial charge in [0.1, 0.15) is 29.6 Å². The number of carbonyl (C=O) groups excluding carboxylic acids is 1. The molecule has 0 saturated carbocycles. The van der Waals surface area contributed by atoms with E-state index in [0.29, 0.717) is 23.0 Å².